The van der Waals surface area contributed by atoms with Gasteiger partial charge in [-0.3, -0.25) is 9.59 Å². The van der Waals surface area contributed by atoms with E-state index < -0.39 is 5.91 Å². The maximum absolute atomic E-state index is 12.0. The van der Waals surface area contributed by atoms with Crippen LogP contribution < -0.4 is 11.3 Å². The summed E-state index contributed by atoms with van der Waals surface area (Å²) in [6, 6.07) is 4.74. The fourth-order valence-corrected chi connectivity index (χ4v) is 2.70. The molecule has 0 unspecified atom stereocenters. The van der Waals surface area contributed by atoms with Crippen LogP contribution in [-0.4, -0.2) is 15.9 Å². The van der Waals surface area contributed by atoms with Crippen LogP contribution in [0.3, 0.4) is 0 Å². The van der Waals surface area contributed by atoms with Gasteiger partial charge in [0.15, 0.2) is 0 Å². The van der Waals surface area contributed by atoms with Gasteiger partial charge in [0.1, 0.15) is 5.82 Å². The van der Waals surface area contributed by atoms with Gasteiger partial charge in [-0.1, -0.05) is 12.8 Å². The lowest BCUT2D eigenvalue weighted by atomic mass is 10.1. The van der Waals surface area contributed by atoms with Crippen molar-refractivity contribution in [3.8, 4) is 0 Å². The first-order chi connectivity index (χ1) is 9.15. The van der Waals surface area contributed by atoms with Crippen LogP contribution in [0.4, 0.5) is 0 Å². The van der Waals surface area contributed by atoms with Crippen LogP contribution in [0.15, 0.2) is 23.0 Å². The second-order valence-corrected chi connectivity index (χ2v) is 5.03. The maximum Gasteiger partial charge on any atom is 0.258 e. The molecule has 1 heterocycles. The first-order valence-corrected chi connectivity index (χ1v) is 6.49. The van der Waals surface area contributed by atoms with Gasteiger partial charge < -0.3 is 10.7 Å². The number of nitrogens with one attached hydrogen (secondary N) is 1. The molecular formula is C14H15N3O2. The average Bonchev–Trinajstić information content (AvgIpc) is 2.91. The quantitative estimate of drug-likeness (QED) is 0.857. The number of aromatic amines is 1. The number of aromatic nitrogens is 2. The molecular weight excluding hydrogens is 242 g/mol. The van der Waals surface area contributed by atoms with Gasteiger partial charge in [0.05, 0.1) is 10.9 Å². The molecule has 3 N–H and O–H groups in total. The lowest BCUT2D eigenvalue weighted by molar-refractivity contribution is 0.100. The first kappa shape index (κ1) is 11.9. The largest absolute Gasteiger partial charge is 0.366 e. The van der Waals surface area contributed by atoms with Crippen LogP contribution in [0.2, 0.25) is 0 Å². The number of hydrogen-bond acceptors (Lipinski definition) is 3. The molecule has 1 aliphatic rings. The number of amides is 1. The highest BCUT2D eigenvalue weighted by Crippen LogP contribution is 2.31. The van der Waals surface area contributed by atoms with Crippen LogP contribution in [-0.2, 0) is 0 Å². The first-order valence-electron chi connectivity index (χ1n) is 6.49. The van der Waals surface area contributed by atoms with Gasteiger partial charge >= 0.3 is 0 Å². The fourth-order valence-electron chi connectivity index (χ4n) is 2.70. The van der Waals surface area contributed by atoms with Crippen molar-refractivity contribution in [3.05, 3.63) is 39.9 Å². The van der Waals surface area contributed by atoms with E-state index in [-0.39, 0.29) is 5.56 Å². The van der Waals surface area contributed by atoms with Crippen molar-refractivity contribution < 1.29 is 4.79 Å². The highest BCUT2D eigenvalue weighted by Gasteiger charge is 2.20. The van der Waals surface area contributed by atoms with Crippen molar-refractivity contribution in [2.24, 2.45) is 5.73 Å². The summed E-state index contributed by atoms with van der Waals surface area (Å²) < 4.78 is 0. The summed E-state index contributed by atoms with van der Waals surface area (Å²) in [4.78, 5) is 30.6. The molecule has 1 fully saturated rings. The summed E-state index contributed by atoms with van der Waals surface area (Å²) in [7, 11) is 0. The number of H-pyrrole nitrogens is 1. The highest BCUT2D eigenvalue weighted by atomic mass is 16.1. The second-order valence-electron chi connectivity index (χ2n) is 5.03. The minimum Gasteiger partial charge on any atom is -0.366 e. The predicted octanol–water partition coefficient (Wildman–Crippen LogP) is 1.68. The molecule has 5 heteroatoms. The molecule has 0 bridgehead atoms. The number of nitrogens with two attached hydrogens (primary N) is 1. The Morgan fingerprint density at radius 3 is 2.74 bits per heavy atom. The Balaban J connectivity index is 2.16. The van der Waals surface area contributed by atoms with Crippen molar-refractivity contribution in [2.45, 2.75) is 31.6 Å². The van der Waals surface area contributed by atoms with Crippen molar-refractivity contribution in [1.82, 2.24) is 9.97 Å². The van der Waals surface area contributed by atoms with E-state index in [1.807, 2.05) is 0 Å². The predicted molar refractivity (Wildman–Crippen MR) is 72.1 cm³/mol. The molecule has 19 heavy (non-hydrogen) atoms. The van der Waals surface area contributed by atoms with Gasteiger partial charge in [-0.25, -0.2) is 4.98 Å². The Hall–Kier alpha value is -2.17. The SMILES string of the molecule is NC(=O)c1ccc2c(=O)[nH]c(C3CCCC3)nc2c1. The van der Waals surface area contributed by atoms with E-state index in [9.17, 15) is 9.59 Å². The number of benzene rings is 1. The van der Waals surface area contributed by atoms with Gasteiger partial charge in [-0.2, -0.15) is 0 Å². The monoisotopic (exact) mass is 257 g/mol. The van der Waals surface area contributed by atoms with Crippen molar-refractivity contribution in [3.63, 3.8) is 0 Å². The zero-order valence-corrected chi connectivity index (χ0v) is 10.5. The van der Waals surface area contributed by atoms with E-state index in [2.05, 4.69) is 9.97 Å². The zero-order chi connectivity index (χ0) is 13.4. The molecule has 0 spiro atoms. The fraction of sp³-hybridized carbons (Fsp3) is 0.357. The van der Waals surface area contributed by atoms with Gasteiger partial charge in [0.25, 0.3) is 5.56 Å². The molecule has 0 aliphatic heterocycles. The molecule has 0 radical (unpaired) electrons. The number of carbonyl (C=O) groups is 1. The highest BCUT2D eigenvalue weighted by molar-refractivity contribution is 5.96. The maximum atomic E-state index is 12.0. The molecule has 3 rings (SSSR count). The minimum absolute atomic E-state index is 0.150. The van der Waals surface area contributed by atoms with Crippen LogP contribution in [0.25, 0.3) is 10.9 Å². The number of nitrogens with zero attached hydrogens (tertiary/aromatic N) is 1. The van der Waals surface area contributed by atoms with Gasteiger partial charge in [0, 0.05) is 11.5 Å². The van der Waals surface area contributed by atoms with E-state index in [1.54, 1.807) is 18.2 Å². The summed E-state index contributed by atoms with van der Waals surface area (Å²) in [5.41, 5.74) is 6.02. The normalized spacial score (nSPS) is 16.0. The van der Waals surface area contributed by atoms with E-state index >= 15 is 0 Å². The molecule has 1 aromatic heterocycles. The van der Waals surface area contributed by atoms with E-state index in [0.29, 0.717) is 22.4 Å². The smallest absolute Gasteiger partial charge is 0.258 e. The summed E-state index contributed by atoms with van der Waals surface area (Å²) in [6.07, 6.45) is 4.47. The third kappa shape index (κ3) is 2.12. The third-order valence-electron chi connectivity index (χ3n) is 3.75. The molecule has 5 nitrogen and oxygen atoms in total. The molecule has 1 amide bonds. The lowest BCUT2D eigenvalue weighted by Crippen LogP contribution is -2.15. The van der Waals surface area contributed by atoms with Crippen molar-refractivity contribution >= 4 is 16.8 Å². The van der Waals surface area contributed by atoms with Crippen LogP contribution >= 0.6 is 0 Å². The van der Waals surface area contributed by atoms with Gasteiger partial charge in [-0.05, 0) is 31.0 Å². The van der Waals surface area contributed by atoms with E-state index in [4.69, 9.17) is 5.73 Å². The minimum atomic E-state index is -0.508. The average molecular weight is 257 g/mol. The number of hydrogen-bond donors (Lipinski definition) is 2. The Labute approximate surface area is 109 Å². The topological polar surface area (TPSA) is 88.8 Å². The standard InChI is InChI=1S/C14H15N3O2/c15-12(18)9-5-6-10-11(7-9)16-13(17-14(10)19)8-3-1-2-4-8/h5-8H,1-4H2,(H2,15,18)(H,16,17,19). The summed E-state index contributed by atoms with van der Waals surface area (Å²) in [6.45, 7) is 0. The third-order valence-corrected chi connectivity index (χ3v) is 3.75. The van der Waals surface area contributed by atoms with Crippen LogP contribution in [0.1, 0.15) is 47.8 Å². The van der Waals surface area contributed by atoms with E-state index in [0.717, 1.165) is 18.7 Å². The molecule has 0 atom stereocenters. The molecule has 1 aromatic carbocycles. The Bertz CT molecular complexity index is 699. The van der Waals surface area contributed by atoms with E-state index in [1.165, 1.54) is 12.8 Å². The Kier molecular flexibility index (Phi) is 2.81. The van der Waals surface area contributed by atoms with Crippen LogP contribution in [0, 0.1) is 0 Å². The second kappa shape index (κ2) is 4.50. The lowest BCUT2D eigenvalue weighted by Gasteiger charge is -2.09. The molecule has 2 aromatic rings. The molecule has 1 aliphatic carbocycles. The number of primary amides is 1. The number of fused-ring (bicyclic) bond motifs is 1. The summed E-state index contributed by atoms with van der Waals surface area (Å²) >= 11 is 0. The van der Waals surface area contributed by atoms with Gasteiger partial charge in [0.2, 0.25) is 5.91 Å². The van der Waals surface area contributed by atoms with Crippen LogP contribution in [0.5, 0.6) is 0 Å². The molecule has 0 saturated heterocycles. The Morgan fingerprint density at radius 1 is 1.32 bits per heavy atom. The molecule has 98 valence electrons. The number of rotatable bonds is 2. The summed E-state index contributed by atoms with van der Waals surface area (Å²) in [5.74, 6) is 0.553. The number of carbonyl (C=O) groups excluding carboxylic acids is 1. The van der Waals surface area contributed by atoms with Crippen molar-refractivity contribution in [1.29, 1.82) is 0 Å². The van der Waals surface area contributed by atoms with Crippen molar-refractivity contribution in [2.75, 3.05) is 0 Å². The van der Waals surface area contributed by atoms with Gasteiger partial charge in [-0.15, -0.1) is 0 Å². The molecule has 1 saturated carbocycles. The summed E-state index contributed by atoms with van der Waals surface area (Å²) in [5, 5.41) is 0.492. The zero-order valence-electron chi connectivity index (χ0n) is 10.5. The Morgan fingerprint density at radius 2 is 2.05 bits per heavy atom.